The third kappa shape index (κ3) is 10.1. The Bertz CT molecular complexity index is 818. The average Bonchev–Trinajstić information content (AvgIpc) is 2.76. The van der Waals surface area contributed by atoms with Crippen LogP contribution in [-0.4, -0.2) is 31.4 Å². The van der Waals surface area contributed by atoms with E-state index in [0.29, 0.717) is 40.2 Å². The number of aliphatic imine (C=N–C) groups is 1. The van der Waals surface area contributed by atoms with Gasteiger partial charge in [-0.2, -0.15) is 0 Å². The van der Waals surface area contributed by atoms with Crippen molar-refractivity contribution in [2.24, 2.45) is 16.6 Å². The molecule has 1 heterocycles. The summed E-state index contributed by atoms with van der Waals surface area (Å²) < 4.78 is 4.99. The summed E-state index contributed by atoms with van der Waals surface area (Å²) in [5.41, 5.74) is 7.44. The van der Waals surface area contributed by atoms with Crippen molar-refractivity contribution in [2.75, 3.05) is 19.8 Å². The topological polar surface area (TPSA) is 88.7 Å². The maximum atomic E-state index is 12.5. The summed E-state index contributed by atoms with van der Waals surface area (Å²) >= 11 is 11.9. The van der Waals surface area contributed by atoms with Gasteiger partial charge >= 0.3 is 0 Å². The lowest BCUT2D eigenvalue weighted by Crippen LogP contribution is -2.36. The van der Waals surface area contributed by atoms with E-state index < -0.39 is 0 Å². The molecule has 1 amide bonds. The van der Waals surface area contributed by atoms with Crippen molar-refractivity contribution >= 4 is 34.8 Å². The summed E-state index contributed by atoms with van der Waals surface area (Å²) in [4.78, 5) is 16.8. The van der Waals surface area contributed by atoms with Gasteiger partial charge in [-0.3, -0.25) is 9.79 Å². The van der Waals surface area contributed by atoms with Crippen molar-refractivity contribution < 1.29 is 9.53 Å². The highest BCUT2D eigenvalue weighted by Crippen LogP contribution is 2.22. The number of carbonyl (C=O) groups excluding carboxylic acids is 1. The number of nitrogens with two attached hydrogens (primary N) is 1. The number of allylic oxidation sites excluding steroid dienone is 1. The third-order valence-electron chi connectivity index (χ3n) is 4.74. The molecule has 0 atom stereocenters. The SMILES string of the molecule is CC=C(NCc1ccc(Cl)c(Cl)c1)NC(=O)C(=NCCC)/C(C)=C\N.CCCC1COC1. The van der Waals surface area contributed by atoms with Crippen LogP contribution < -0.4 is 16.4 Å². The second-order valence-electron chi connectivity index (χ2n) is 7.53. The minimum atomic E-state index is -0.303. The molecule has 0 bridgehead atoms. The van der Waals surface area contributed by atoms with Crippen molar-refractivity contribution in [3.63, 3.8) is 0 Å². The number of hydrogen-bond donors (Lipinski definition) is 3. The molecule has 0 aliphatic carbocycles. The lowest BCUT2D eigenvalue weighted by molar-refractivity contribution is -0.114. The molecule has 6 nitrogen and oxygen atoms in total. The van der Waals surface area contributed by atoms with Crippen LogP contribution in [0.2, 0.25) is 10.0 Å². The molecule has 4 N–H and O–H groups in total. The summed E-state index contributed by atoms with van der Waals surface area (Å²) in [6.07, 6.45) is 6.68. The Hall–Kier alpha value is -2.02. The molecule has 2 rings (SSSR count). The largest absolute Gasteiger partial charge is 0.404 e. The number of nitrogens with zero attached hydrogens (tertiary/aromatic N) is 1. The number of halogens is 2. The molecule has 0 aromatic heterocycles. The average molecular weight is 483 g/mol. The normalized spacial score (nSPS) is 14.9. The van der Waals surface area contributed by atoms with Gasteiger partial charge in [0.15, 0.2) is 0 Å². The predicted molar refractivity (Wildman–Crippen MR) is 135 cm³/mol. The zero-order chi connectivity index (χ0) is 23.9. The van der Waals surface area contributed by atoms with E-state index in [-0.39, 0.29) is 5.91 Å². The first kappa shape index (κ1) is 28.0. The predicted octanol–water partition coefficient (Wildman–Crippen LogP) is 5.21. The number of amides is 1. The highest BCUT2D eigenvalue weighted by Gasteiger charge is 2.16. The Morgan fingerprint density at radius 2 is 1.97 bits per heavy atom. The Kier molecular flexibility index (Phi) is 13.8. The lowest BCUT2D eigenvalue weighted by Gasteiger charge is -2.24. The number of rotatable bonds is 10. The van der Waals surface area contributed by atoms with Gasteiger partial charge in [-0.15, -0.1) is 0 Å². The molecular weight excluding hydrogens is 447 g/mol. The van der Waals surface area contributed by atoms with Crippen LogP contribution in [0.5, 0.6) is 0 Å². The van der Waals surface area contributed by atoms with Gasteiger partial charge in [0.2, 0.25) is 0 Å². The number of hydrogen-bond acceptors (Lipinski definition) is 5. The second-order valence-corrected chi connectivity index (χ2v) is 8.35. The molecule has 1 aromatic rings. The summed E-state index contributed by atoms with van der Waals surface area (Å²) in [5.74, 6) is 1.18. The number of ether oxygens (including phenoxy) is 1. The third-order valence-corrected chi connectivity index (χ3v) is 5.48. The molecule has 1 aliphatic rings. The van der Waals surface area contributed by atoms with Gasteiger partial charge < -0.3 is 21.1 Å². The van der Waals surface area contributed by atoms with Crippen LogP contribution in [0.15, 0.2) is 46.9 Å². The molecule has 178 valence electrons. The molecule has 0 spiro atoms. The van der Waals surface area contributed by atoms with E-state index in [1.807, 2.05) is 19.9 Å². The van der Waals surface area contributed by atoms with Crippen LogP contribution in [0.1, 0.15) is 52.5 Å². The molecule has 0 radical (unpaired) electrons. The van der Waals surface area contributed by atoms with Crippen LogP contribution in [-0.2, 0) is 16.1 Å². The molecule has 0 unspecified atom stereocenters. The standard InChI is InChI=1S/C18H24Cl2N4O.C6H12O/c1-4-8-22-17(12(3)10-21)18(25)24-16(5-2)23-11-13-6-7-14(19)15(20)9-13;1-2-3-6-4-7-5-6/h5-7,9-10,23H,4,8,11,21H2,1-3H3,(H,24,25);6H,2-5H2,1H3/b12-10-,16-5?,22-17?;. The summed E-state index contributed by atoms with van der Waals surface area (Å²) in [6, 6.07) is 5.38. The monoisotopic (exact) mass is 482 g/mol. The minimum absolute atomic E-state index is 0.303. The van der Waals surface area contributed by atoms with Gasteiger partial charge in [0, 0.05) is 19.0 Å². The molecule has 1 fully saturated rings. The van der Waals surface area contributed by atoms with Gasteiger partial charge in [0.1, 0.15) is 11.5 Å². The van der Waals surface area contributed by atoms with E-state index >= 15 is 0 Å². The zero-order valence-electron chi connectivity index (χ0n) is 19.5. The number of carbonyl (C=O) groups is 1. The molecule has 0 saturated carbocycles. The van der Waals surface area contributed by atoms with Gasteiger partial charge in [-0.05, 0) is 62.2 Å². The van der Waals surface area contributed by atoms with Gasteiger partial charge in [-0.1, -0.05) is 49.5 Å². The van der Waals surface area contributed by atoms with Crippen LogP contribution in [0, 0.1) is 5.92 Å². The Morgan fingerprint density at radius 3 is 2.44 bits per heavy atom. The zero-order valence-corrected chi connectivity index (χ0v) is 21.0. The Morgan fingerprint density at radius 1 is 1.25 bits per heavy atom. The Balaban J connectivity index is 0.000000616. The molecule has 1 aliphatic heterocycles. The van der Waals surface area contributed by atoms with Crippen LogP contribution >= 0.6 is 23.2 Å². The van der Waals surface area contributed by atoms with Crippen molar-refractivity contribution in [3.8, 4) is 0 Å². The summed E-state index contributed by atoms with van der Waals surface area (Å²) in [7, 11) is 0. The van der Waals surface area contributed by atoms with Gasteiger partial charge in [0.05, 0.1) is 23.3 Å². The van der Waals surface area contributed by atoms with Crippen LogP contribution in [0.25, 0.3) is 0 Å². The molecule has 1 saturated heterocycles. The smallest absolute Gasteiger partial charge is 0.275 e. The number of nitrogens with one attached hydrogen (secondary N) is 2. The molecule has 32 heavy (non-hydrogen) atoms. The van der Waals surface area contributed by atoms with E-state index in [1.165, 1.54) is 19.0 Å². The van der Waals surface area contributed by atoms with E-state index in [0.717, 1.165) is 31.1 Å². The van der Waals surface area contributed by atoms with E-state index in [4.69, 9.17) is 33.7 Å². The van der Waals surface area contributed by atoms with Crippen molar-refractivity contribution in [1.29, 1.82) is 0 Å². The van der Waals surface area contributed by atoms with Crippen molar-refractivity contribution in [1.82, 2.24) is 10.6 Å². The van der Waals surface area contributed by atoms with Gasteiger partial charge in [-0.25, -0.2) is 0 Å². The fraction of sp³-hybridized carbons (Fsp3) is 0.500. The summed E-state index contributed by atoms with van der Waals surface area (Å²) in [5, 5.41) is 6.96. The van der Waals surface area contributed by atoms with Gasteiger partial charge in [0.25, 0.3) is 5.91 Å². The fourth-order valence-electron chi connectivity index (χ4n) is 2.78. The first-order valence-electron chi connectivity index (χ1n) is 11.0. The number of benzene rings is 1. The second kappa shape index (κ2) is 15.7. The van der Waals surface area contributed by atoms with E-state index in [9.17, 15) is 4.79 Å². The quantitative estimate of drug-likeness (QED) is 0.399. The highest BCUT2D eigenvalue weighted by molar-refractivity contribution is 6.45. The van der Waals surface area contributed by atoms with E-state index in [1.54, 1.807) is 25.1 Å². The maximum absolute atomic E-state index is 12.5. The van der Waals surface area contributed by atoms with Crippen molar-refractivity contribution in [3.05, 3.63) is 57.5 Å². The molecule has 1 aromatic carbocycles. The summed E-state index contributed by atoms with van der Waals surface area (Å²) in [6.45, 7) is 10.9. The van der Waals surface area contributed by atoms with Crippen LogP contribution in [0.3, 0.4) is 0 Å². The first-order chi connectivity index (χ1) is 15.4. The molecule has 8 heteroatoms. The van der Waals surface area contributed by atoms with Crippen molar-refractivity contribution in [2.45, 2.75) is 53.5 Å². The lowest BCUT2D eigenvalue weighted by atomic mass is 10.0. The molecular formula is C24H36Cl2N4O2. The minimum Gasteiger partial charge on any atom is -0.404 e. The Labute approximate surface area is 202 Å². The fourth-order valence-corrected chi connectivity index (χ4v) is 3.11. The highest BCUT2D eigenvalue weighted by atomic mass is 35.5. The van der Waals surface area contributed by atoms with Crippen LogP contribution in [0.4, 0.5) is 0 Å². The first-order valence-corrected chi connectivity index (χ1v) is 11.8. The van der Waals surface area contributed by atoms with E-state index in [2.05, 4.69) is 22.5 Å². The maximum Gasteiger partial charge on any atom is 0.275 e.